The molecule has 1 fully saturated rings. The average Bonchev–Trinajstić information content (AvgIpc) is 3.00. The van der Waals surface area contributed by atoms with Crippen molar-refractivity contribution < 1.29 is 13.7 Å². The Hall–Kier alpha value is -2.12. The Balaban J connectivity index is 1.94. The number of aromatic nitrogens is 1. The Morgan fingerprint density at radius 3 is 2.33 bits per heavy atom. The maximum Gasteiger partial charge on any atom is 0.494 e. The number of nitrogens with two attached hydrogens (primary N) is 1. The van der Waals surface area contributed by atoms with Gasteiger partial charge in [0.15, 0.2) is 11.7 Å². The van der Waals surface area contributed by atoms with Crippen LogP contribution in [0.1, 0.15) is 44.9 Å². The molecule has 3 N–H and O–H groups in total. The molecule has 1 aliphatic heterocycles. The summed E-state index contributed by atoms with van der Waals surface area (Å²) in [6.45, 7) is 9.76. The van der Waals surface area contributed by atoms with Gasteiger partial charge in [-0.2, -0.15) is 0 Å². The van der Waals surface area contributed by atoms with Crippen molar-refractivity contribution in [3.8, 4) is 0 Å². The van der Waals surface area contributed by atoms with Crippen molar-refractivity contribution in [1.82, 2.24) is 4.98 Å². The summed E-state index contributed by atoms with van der Waals surface area (Å²) >= 11 is 0. The normalized spacial score (nSPS) is 18.8. The second-order valence-electron chi connectivity index (χ2n) is 7.05. The van der Waals surface area contributed by atoms with Gasteiger partial charge in [0.2, 0.25) is 0 Å². The minimum Gasteiger partial charge on any atom is -0.439 e. The summed E-state index contributed by atoms with van der Waals surface area (Å²) in [7, 11) is -0.501. The molecule has 0 amide bonds. The Bertz CT molecular complexity index is 782. The summed E-state index contributed by atoms with van der Waals surface area (Å²) in [5.74, 6) is 0.890. The number of hydrogen-bond acceptors (Lipinski definition) is 6. The molecule has 0 saturated carbocycles. The van der Waals surface area contributed by atoms with Crippen molar-refractivity contribution in [2.45, 2.75) is 45.8 Å². The molecule has 0 radical (unpaired) electrons. The minimum absolute atomic E-state index is 0.187. The Morgan fingerprint density at radius 1 is 1.17 bits per heavy atom. The van der Waals surface area contributed by atoms with Crippen molar-refractivity contribution in [1.29, 1.82) is 5.41 Å². The number of nitrogens with zero attached hydrogens (tertiary/aromatic N) is 1. The predicted octanol–water partition coefficient (Wildman–Crippen LogP) is 2.28. The zero-order chi connectivity index (χ0) is 17.7. The van der Waals surface area contributed by atoms with Crippen LogP contribution in [-0.2, 0) is 9.31 Å². The fourth-order valence-electron chi connectivity index (χ4n) is 2.53. The van der Waals surface area contributed by atoms with Crippen molar-refractivity contribution in [2.24, 2.45) is 0 Å². The molecule has 2 aromatic rings. The molecule has 0 atom stereocenters. The first-order valence-corrected chi connectivity index (χ1v) is 7.87. The second-order valence-corrected chi connectivity index (χ2v) is 7.05. The standard InChI is InChI=1S/C17H22BN3O3/c1-10-21-9-14(22-10)15(20)12-8-11(6-7-13(12)19)18-23-16(2,3)17(4,5)24-18/h6-9,20H,19H2,1-5H3. The number of oxazole rings is 1. The van der Waals surface area contributed by atoms with Gasteiger partial charge in [-0.25, -0.2) is 4.98 Å². The molecule has 24 heavy (non-hydrogen) atoms. The van der Waals surface area contributed by atoms with Crippen molar-refractivity contribution >= 4 is 24.0 Å². The van der Waals surface area contributed by atoms with Gasteiger partial charge in [-0.1, -0.05) is 12.1 Å². The molecule has 126 valence electrons. The van der Waals surface area contributed by atoms with Crippen LogP contribution in [0, 0.1) is 12.3 Å². The van der Waals surface area contributed by atoms with Gasteiger partial charge in [-0.15, -0.1) is 0 Å². The van der Waals surface area contributed by atoms with Crippen LogP contribution in [0.5, 0.6) is 0 Å². The third-order valence-electron chi connectivity index (χ3n) is 4.74. The quantitative estimate of drug-likeness (QED) is 0.512. The van der Waals surface area contributed by atoms with E-state index in [1.54, 1.807) is 13.0 Å². The lowest BCUT2D eigenvalue weighted by atomic mass is 9.77. The molecule has 3 rings (SSSR count). The molecule has 7 heteroatoms. The van der Waals surface area contributed by atoms with Gasteiger partial charge in [-0.3, -0.25) is 5.41 Å². The lowest BCUT2D eigenvalue weighted by Crippen LogP contribution is -2.41. The number of nitrogen functional groups attached to an aromatic ring is 1. The number of anilines is 1. The highest BCUT2D eigenvalue weighted by atomic mass is 16.7. The van der Waals surface area contributed by atoms with Gasteiger partial charge in [0.1, 0.15) is 5.71 Å². The molecule has 0 spiro atoms. The molecular weight excluding hydrogens is 305 g/mol. The Labute approximate surface area is 142 Å². The van der Waals surface area contributed by atoms with Crippen LogP contribution in [0.15, 0.2) is 28.8 Å². The summed E-state index contributed by atoms with van der Waals surface area (Å²) in [6.07, 6.45) is 1.53. The molecular formula is C17H22BN3O3. The molecule has 0 unspecified atom stereocenters. The van der Waals surface area contributed by atoms with Crippen LogP contribution in [0.3, 0.4) is 0 Å². The molecule has 1 saturated heterocycles. The summed E-state index contributed by atoms with van der Waals surface area (Å²) in [5, 5.41) is 8.35. The molecule has 2 heterocycles. The maximum absolute atomic E-state index is 8.35. The molecule has 0 bridgehead atoms. The van der Waals surface area contributed by atoms with Crippen LogP contribution >= 0.6 is 0 Å². The van der Waals surface area contributed by atoms with E-state index in [-0.39, 0.29) is 5.71 Å². The first-order valence-electron chi connectivity index (χ1n) is 7.87. The van der Waals surface area contributed by atoms with E-state index in [1.165, 1.54) is 6.20 Å². The lowest BCUT2D eigenvalue weighted by Gasteiger charge is -2.32. The Morgan fingerprint density at radius 2 is 1.79 bits per heavy atom. The summed E-state index contributed by atoms with van der Waals surface area (Å²) in [5.41, 5.74) is 7.28. The number of aryl methyl sites for hydroxylation is 1. The number of hydrogen-bond donors (Lipinski definition) is 2. The first kappa shape index (κ1) is 16.7. The van der Waals surface area contributed by atoms with Crippen molar-refractivity contribution in [3.05, 3.63) is 41.6 Å². The first-order chi connectivity index (χ1) is 11.1. The van der Waals surface area contributed by atoms with Crippen LogP contribution in [0.2, 0.25) is 0 Å². The zero-order valence-corrected chi connectivity index (χ0v) is 14.6. The molecule has 6 nitrogen and oxygen atoms in total. The van der Waals surface area contributed by atoms with Gasteiger partial charge in [-0.05, 0) is 39.2 Å². The van der Waals surface area contributed by atoms with E-state index in [1.807, 2.05) is 39.8 Å². The van der Waals surface area contributed by atoms with Crippen LogP contribution in [0.4, 0.5) is 5.69 Å². The van der Waals surface area contributed by atoms with Gasteiger partial charge < -0.3 is 19.5 Å². The minimum atomic E-state index is -0.501. The van der Waals surface area contributed by atoms with Crippen LogP contribution in [-0.4, -0.2) is 29.0 Å². The van der Waals surface area contributed by atoms with Gasteiger partial charge >= 0.3 is 7.12 Å². The fourth-order valence-corrected chi connectivity index (χ4v) is 2.53. The summed E-state index contributed by atoms with van der Waals surface area (Å²) in [6, 6.07) is 5.44. The molecule has 1 aromatic carbocycles. The summed E-state index contributed by atoms with van der Waals surface area (Å²) in [4.78, 5) is 4.03. The summed E-state index contributed by atoms with van der Waals surface area (Å²) < 4.78 is 17.6. The topological polar surface area (TPSA) is 94.4 Å². The van der Waals surface area contributed by atoms with Gasteiger partial charge in [0.05, 0.1) is 17.4 Å². The zero-order valence-electron chi connectivity index (χ0n) is 14.6. The monoisotopic (exact) mass is 327 g/mol. The highest BCUT2D eigenvalue weighted by Gasteiger charge is 2.51. The van der Waals surface area contributed by atoms with Crippen molar-refractivity contribution in [2.75, 3.05) is 5.73 Å². The Kier molecular flexibility index (Phi) is 3.81. The smallest absolute Gasteiger partial charge is 0.439 e. The van der Waals surface area contributed by atoms with E-state index in [4.69, 9.17) is 24.9 Å². The fraction of sp³-hybridized carbons (Fsp3) is 0.412. The third kappa shape index (κ3) is 2.74. The number of benzene rings is 1. The largest absolute Gasteiger partial charge is 0.494 e. The highest BCUT2D eigenvalue weighted by Crippen LogP contribution is 2.36. The van der Waals surface area contributed by atoms with E-state index in [9.17, 15) is 0 Å². The van der Waals surface area contributed by atoms with E-state index in [0.29, 0.717) is 22.9 Å². The average molecular weight is 327 g/mol. The van der Waals surface area contributed by atoms with E-state index in [2.05, 4.69) is 4.98 Å². The van der Waals surface area contributed by atoms with E-state index < -0.39 is 18.3 Å². The third-order valence-corrected chi connectivity index (χ3v) is 4.74. The molecule has 1 aliphatic rings. The molecule has 0 aliphatic carbocycles. The maximum atomic E-state index is 8.35. The van der Waals surface area contributed by atoms with Crippen molar-refractivity contribution in [3.63, 3.8) is 0 Å². The van der Waals surface area contributed by atoms with E-state index in [0.717, 1.165) is 5.46 Å². The van der Waals surface area contributed by atoms with Gasteiger partial charge in [0, 0.05) is 18.2 Å². The van der Waals surface area contributed by atoms with Crippen LogP contribution < -0.4 is 11.2 Å². The predicted molar refractivity (Wildman–Crippen MR) is 93.7 cm³/mol. The molecule has 1 aromatic heterocycles. The second kappa shape index (κ2) is 5.46. The highest BCUT2D eigenvalue weighted by molar-refractivity contribution is 6.62. The van der Waals surface area contributed by atoms with Crippen LogP contribution in [0.25, 0.3) is 0 Å². The number of rotatable bonds is 3. The SMILES string of the molecule is Cc1ncc(C(=N)c2cc(B3OC(C)(C)C(C)(C)O3)ccc2N)o1. The van der Waals surface area contributed by atoms with E-state index >= 15 is 0 Å². The lowest BCUT2D eigenvalue weighted by molar-refractivity contribution is 0.00578. The number of nitrogens with one attached hydrogen (secondary N) is 1. The van der Waals surface area contributed by atoms with Gasteiger partial charge in [0.25, 0.3) is 0 Å².